The number of anilines is 1. The summed E-state index contributed by atoms with van der Waals surface area (Å²) in [7, 11) is 3.27. The number of piperidine rings is 1. The van der Waals surface area contributed by atoms with Crippen LogP contribution in [0.5, 0.6) is 11.5 Å². The topological polar surface area (TPSA) is 55.7 Å². The summed E-state index contributed by atoms with van der Waals surface area (Å²) >= 11 is 5.70. The smallest absolute Gasteiger partial charge is 0.250 e. The van der Waals surface area contributed by atoms with Crippen LogP contribution in [0.1, 0.15) is 18.0 Å². The van der Waals surface area contributed by atoms with Gasteiger partial charge in [0.15, 0.2) is 5.11 Å². The van der Waals surface area contributed by atoms with Crippen molar-refractivity contribution in [2.75, 3.05) is 32.6 Å². The summed E-state index contributed by atoms with van der Waals surface area (Å²) in [5, 5.41) is 3.98. The molecule has 0 radical (unpaired) electrons. The van der Waals surface area contributed by atoms with Gasteiger partial charge in [0.05, 0.1) is 19.9 Å². The third kappa shape index (κ3) is 3.39. The van der Waals surface area contributed by atoms with Crippen molar-refractivity contribution in [1.82, 2.24) is 9.47 Å². The van der Waals surface area contributed by atoms with Crippen LogP contribution in [0.3, 0.4) is 0 Å². The molecule has 3 heterocycles. The van der Waals surface area contributed by atoms with Crippen molar-refractivity contribution in [2.45, 2.75) is 18.9 Å². The van der Waals surface area contributed by atoms with Crippen LogP contribution in [0.15, 0.2) is 41.2 Å². The van der Waals surface area contributed by atoms with Gasteiger partial charge in [-0.25, -0.2) is 0 Å². The highest BCUT2D eigenvalue weighted by Gasteiger charge is 2.35. The zero-order valence-corrected chi connectivity index (χ0v) is 16.3. The molecular formula is C20H23N3O3S. The summed E-state index contributed by atoms with van der Waals surface area (Å²) in [6, 6.07) is 11.2. The summed E-state index contributed by atoms with van der Waals surface area (Å²) in [5.74, 6) is 2.19. The van der Waals surface area contributed by atoms with Crippen LogP contribution in [0.25, 0.3) is 0 Å². The van der Waals surface area contributed by atoms with Crippen LogP contribution < -0.4 is 20.3 Å². The fraction of sp³-hybridized carbons (Fsp3) is 0.400. The van der Waals surface area contributed by atoms with Crippen LogP contribution >= 0.6 is 12.2 Å². The number of aromatic nitrogens is 1. The van der Waals surface area contributed by atoms with Gasteiger partial charge in [-0.1, -0.05) is 6.07 Å². The van der Waals surface area contributed by atoms with E-state index in [1.807, 2.05) is 28.8 Å². The van der Waals surface area contributed by atoms with Gasteiger partial charge in [0.2, 0.25) is 0 Å². The first-order valence-electron chi connectivity index (χ1n) is 9.06. The summed E-state index contributed by atoms with van der Waals surface area (Å²) in [4.78, 5) is 14.4. The third-order valence-electron chi connectivity index (χ3n) is 5.42. The Labute approximate surface area is 163 Å². The molecule has 4 rings (SSSR count). The van der Waals surface area contributed by atoms with Crippen molar-refractivity contribution >= 4 is 23.0 Å². The van der Waals surface area contributed by atoms with E-state index in [1.165, 1.54) is 0 Å². The highest BCUT2D eigenvalue weighted by atomic mass is 32.1. The molecule has 142 valence electrons. The Balaban J connectivity index is 1.54. The number of hydrogen-bond acceptors (Lipinski definition) is 4. The first-order chi connectivity index (χ1) is 13.1. The Bertz CT molecular complexity index is 927. The van der Waals surface area contributed by atoms with Crippen LogP contribution in [0.2, 0.25) is 0 Å². The zero-order chi connectivity index (χ0) is 19.0. The molecule has 2 aromatic rings. The van der Waals surface area contributed by atoms with E-state index in [9.17, 15) is 4.79 Å². The van der Waals surface area contributed by atoms with Crippen molar-refractivity contribution < 1.29 is 9.47 Å². The molecule has 1 aromatic carbocycles. The number of likely N-dealkylation sites (tertiary alicyclic amines) is 1. The lowest BCUT2D eigenvalue weighted by Gasteiger charge is -2.43. The summed E-state index contributed by atoms with van der Waals surface area (Å²) in [6.07, 6.45) is 1.10. The van der Waals surface area contributed by atoms with E-state index in [0.717, 1.165) is 43.2 Å². The molecule has 1 saturated heterocycles. The number of fused-ring (bicyclic) bond motifs is 4. The maximum atomic E-state index is 12.2. The van der Waals surface area contributed by atoms with E-state index >= 15 is 0 Å². The molecule has 2 atom stereocenters. The number of hydrogen-bond donors (Lipinski definition) is 1. The van der Waals surface area contributed by atoms with Crippen LogP contribution in [-0.4, -0.2) is 41.9 Å². The van der Waals surface area contributed by atoms with Crippen LogP contribution in [0, 0.1) is 5.92 Å². The average Bonchev–Trinajstić information content (AvgIpc) is 2.68. The molecule has 0 aliphatic carbocycles. The first-order valence-corrected chi connectivity index (χ1v) is 9.47. The van der Waals surface area contributed by atoms with E-state index in [4.69, 9.17) is 21.7 Å². The first kappa shape index (κ1) is 17.9. The lowest BCUT2D eigenvalue weighted by molar-refractivity contribution is 0.180. The van der Waals surface area contributed by atoms with Gasteiger partial charge in [-0.2, -0.15) is 0 Å². The Morgan fingerprint density at radius 2 is 2.00 bits per heavy atom. The molecule has 6 nitrogen and oxygen atoms in total. The largest absolute Gasteiger partial charge is 0.497 e. The quantitative estimate of drug-likeness (QED) is 0.820. The maximum absolute atomic E-state index is 12.2. The number of thiocarbonyl (C=S) groups is 1. The fourth-order valence-corrected chi connectivity index (χ4v) is 4.43. The molecule has 2 aliphatic heterocycles. The van der Waals surface area contributed by atoms with E-state index < -0.39 is 0 Å². The van der Waals surface area contributed by atoms with Crippen molar-refractivity contribution in [1.29, 1.82) is 0 Å². The number of rotatable bonds is 3. The molecule has 2 aliphatic rings. The highest BCUT2D eigenvalue weighted by molar-refractivity contribution is 7.80. The monoisotopic (exact) mass is 385 g/mol. The minimum atomic E-state index is 0.0949. The number of methoxy groups -OCH3 is 2. The summed E-state index contributed by atoms with van der Waals surface area (Å²) < 4.78 is 12.7. The number of pyridine rings is 1. The van der Waals surface area contributed by atoms with Crippen molar-refractivity contribution in [3.63, 3.8) is 0 Å². The van der Waals surface area contributed by atoms with E-state index in [0.29, 0.717) is 22.7 Å². The average molecular weight is 385 g/mol. The van der Waals surface area contributed by atoms with Crippen molar-refractivity contribution in [3.8, 4) is 11.5 Å². The zero-order valence-electron chi connectivity index (χ0n) is 15.5. The van der Waals surface area contributed by atoms with E-state index in [2.05, 4.69) is 16.3 Å². The standard InChI is InChI=1S/C20H23N3O3S/c1-25-15-6-7-18(26-2)16(9-15)21-20(27)22-10-13-8-14(12-22)17-4-3-5-19(24)23(17)11-13/h3-7,9,13-14H,8,10-12H2,1-2H3,(H,21,27)/t13-,14-/m0/s1. The Morgan fingerprint density at radius 1 is 1.15 bits per heavy atom. The summed E-state index contributed by atoms with van der Waals surface area (Å²) in [6.45, 7) is 2.40. The van der Waals surface area contributed by atoms with Gasteiger partial charge in [-0.15, -0.1) is 0 Å². The molecule has 0 amide bonds. The third-order valence-corrected chi connectivity index (χ3v) is 5.78. The van der Waals surface area contributed by atoms with E-state index in [-0.39, 0.29) is 5.56 Å². The molecule has 0 unspecified atom stereocenters. The van der Waals surface area contributed by atoms with Gasteiger partial charge >= 0.3 is 0 Å². The van der Waals surface area contributed by atoms with E-state index in [1.54, 1.807) is 20.3 Å². The van der Waals surface area contributed by atoms with Gasteiger partial charge in [-0.3, -0.25) is 4.79 Å². The molecular weight excluding hydrogens is 362 g/mol. The number of nitrogens with one attached hydrogen (secondary N) is 1. The Kier molecular flexibility index (Phi) is 4.78. The fourth-order valence-electron chi connectivity index (χ4n) is 4.17. The number of benzene rings is 1. The summed E-state index contributed by atoms with van der Waals surface area (Å²) in [5.41, 5.74) is 2.00. The molecule has 1 fully saturated rings. The molecule has 7 heteroatoms. The Hall–Kier alpha value is -2.54. The maximum Gasteiger partial charge on any atom is 0.250 e. The second kappa shape index (κ2) is 7.23. The van der Waals surface area contributed by atoms with Gasteiger partial charge < -0.3 is 24.3 Å². The molecule has 0 saturated carbocycles. The highest BCUT2D eigenvalue weighted by Crippen LogP contribution is 2.36. The van der Waals surface area contributed by atoms with Crippen LogP contribution in [-0.2, 0) is 6.54 Å². The minimum absolute atomic E-state index is 0.0949. The van der Waals surface area contributed by atoms with Gasteiger partial charge in [-0.05, 0) is 42.8 Å². The molecule has 1 aromatic heterocycles. The lowest BCUT2D eigenvalue weighted by Crippen LogP contribution is -2.50. The molecule has 2 bridgehead atoms. The van der Waals surface area contributed by atoms with Crippen LogP contribution in [0.4, 0.5) is 5.69 Å². The van der Waals surface area contributed by atoms with Crippen molar-refractivity contribution in [2.24, 2.45) is 5.92 Å². The SMILES string of the molecule is COc1ccc(OC)c(NC(=S)N2C[C@@H]3C[C@@H](C2)c2cccc(=O)n2C3)c1. The van der Waals surface area contributed by atoms with Gasteiger partial charge in [0.1, 0.15) is 11.5 Å². The van der Waals surface area contributed by atoms with Gasteiger partial charge in [0.25, 0.3) is 5.56 Å². The normalized spacial score (nSPS) is 20.6. The number of nitrogens with zero attached hydrogens (tertiary/aromatic N) is 2. The second-order valence-corrected chi connectivity index (χ2v) is 7.49. The molecule has 27 heavy (non-hydrogen) atoms. The minimum Gasteiger partial charge on any atom is -0.497 e. The van der Waals surface area contributed by atoms with Gasteiger partial charge in [0, 0.05) is 43.4 Å². The molecule has 0 spiro atoms. The predicted octanol–water partition coefficient (Wildman–Crippen LogP) is 2.68. The number of ether oxygens (including phenoxy) is 2. The van der Waals surface area contributed by atoms with Crippen molar-refractivity contribution in [3.05, 3.63) is 52.4 Å². The second-order valence-electron chi connectivity index (χ2n) is 7.10. The molecule has 1 N–H and O–H groups in total. The lowest BCUT2D eigenvalue weighted by atomic mass is 9.83. The predicted molar refractivity (Wildman–Crippen MR) is 109 cm³/mol. The Morgan fingerprint density at radius 3 is 2.78 bits per heavy atom.